The number of hydrogen-bond acceptors (Lipinski definition) is 4. The van der Waals surface area contributed by atoms with Crippen molar-refractivity contribution in [2.75, 3.05) is 0 Å². The first-order valence-electron chi connectivity index (χ1n) is 4.40. The van der Waals surface area contributed by atoms with Crippen LogP contribution >= 0.6 is 12.8 Å². The molecule has 0 bridgehead atoms. The molecule has 1 aromatic rings. The van der Waals surface area contributed by atoms with E-state index in [0.29, 0.717) is 5.56 Å². The quantitative estimate of drug-likeness (QED) is 0.350. The largest absolute Gasteiger partial charge is 0.384 e. The van der Waals surface area contributed by atoms with Crippen LogP contribution in [0.25, 0.3) is 0 Å². The third-order valence-electron chi connectivity index (χ3n) is 2.09. The van der Waals surface area contributed by atoms with Gasteiger partial charge in [0.25, 0.3) is 0 Å². The van der Waals surface area contributed by atoms with E-state index in [2.05, 4.69) is 17.5 Å². The Kier molecular flexibility index (Phi) is 3.88. The summed E-state index contributed by atoms with van der Waals surface area (Å²) in [6.45, 7) is 1.49. The molecule has 5 heteroatoms. The molecule has 80 valence electrons. The molecular weight excluding hydrogens is 210 g/mol. The molecule has 15 heavy (non-hydrogen) atoms. The van der Waals surface area contributed by atoms with E-state index in [4.69, 9.17) is 11.1 Å². The minimum Gasteiger partial charge on any atom is -0.384 e. The van der Waals surface area contributed by atoms with Crippen LogP contribution in [0.2, 0.25) is 0 Å². The standard InChI is InChI=1S/C10H13N3OS/c1-6(14)9(13-15)7-2-4-8(5-3-7)10(11)12/h2-5,9,13,15H,1H3,(H3,11,12). The predicted octanol–water partition coefficient (Wildman–Crippen LogP) is 1.04. The molecule has 0 radical (unpaired) electrons. The van der Waals surface area contributed by atoms with Gasteiger partial charge < -0.3 is 5.73 Å². The summed E-state index contributed by atoms with van der Waals surface area (Å²) in [7, 11) is 0. The number of amidine groups is 1. The van der Waals surface area contributed by atoms with Crippen LogP contribution in [0.4, 0.5) is 0 Å². The zero-order chi connectivity index (χ0) is 11.4. The summed E-state index contributed by atoms with van der Waals surface area (Å²) in [5.41, 5.74) is 6.76. The van der Waals surface area contributed by atoms with Crippen LogP contribution in [-0.4, -0.2) is 11.6 Å². The van der Waals surface area contributed by atoms with Crippen LogP contribution in [0, 0.1) is 5.41 Å². The third kappa shape index (κ3) is 2.81. The summed E-state index contributed by atoms with van der Waals surface area (Å²) < 4.78 is 2.63. The van der Waals surface area contributed by atoms with Gasteiger partial charge >= 0.3 is 0 Å². The molecule has 0 heterocycles. The van der Waals surface area contributed by atoms with Gasteiger partial charge in [0, 0.05) is 5.56 Å². The first-order chi connectivity index (χ1) is 7.06. The molecule has 0 aliphatic heterocycles. The highest BCUT2D eigenvalue weighted by Crippen LogP contribution is 2.15. The fraction of sp³-hybridized carbons (Fsp3) is 0.200. The molecule has 1 aromatic carbocycles. The maximum Gasteiger partial charge on any atom is 0.152 e. The highest BCUT2D eigenvalue weighted by molar-refractivity contribution is 7.78. The molecule has 0 amide bonds. The van der Waals surface area contributed by atoms with Gasteiger partial charge in [-0.15, -0.1) is 0 Å². The number of carbonyl (C=O) groups excluding carboxylic acids is 1. The van der Waals surface area contributed by atoms with E-state index in [-0.39, 0.29) is 11.6 Å². The Bertz CT molecular complexity index is 375. The van der Waals surface area contributed by atoms with Gasteiger partial charge in [0.1, 0.15) is 11.9 Å². The average Bonchev–Trinajstić information content (AvgIpc) is 2.19. The maximum absolute atomic E-state index is 11.2. The number of nitrogen functional groups attached to an aromatic ring is 1. The number of nitrogens with two attached hydrogens (primary N) is 1. The second-order valence-electron chi connectivity index (χ2n) is 3.21. The van der Waals surface area contributed by atoms with E-state index in [1.807, 2.05) is 0 Å². The third-order valence-corrected chi connectivity index (χ3v) is 2.35. The minimum atomic E-state index is -0.422. The SMILES string of the molecule is CC(=O)C(NS)c1ccc(C(=N)N)cc1. The first kappa shape index (κ1) is 11.7. The maximum atomic E-state index is 11.2. The highest BCUT2D eigenvalue weighted by Gasteiger charge is 2.14. The van der Waals surface area contributed by atoms with Gasteiger partial charge in [0.05, 0.1) is 0 Å². The van der Waals surface area contributed by atoms with Crippen LogP contribution in [0.3, 0.4) is 0 Å². The molecule has 0 aliphatic rings. The number of Topliss-reactive ketones (excluding diaryl/α,β-unsaturated/α-hetero) is 1. The normalized spacial score (nSPS) is 12.1. The fourth-order valence-electron chi connectivity index (χ4n) is 1.26. The van der Waals surface area contributed by atoms with Gasteiger partial charge in [0.2, 0.25) is 0 Å². The molecule has 0 aromatic heterocycles. The van der Waals surface area contributed by atoms with E-state index in [1.54, 1.807) is 24.3 Å². The fourth-order valence-corrected chi connectivity index (χ4v) is 1.59. The van der Waals surface area contributed by atoms with Crippen LogP contribution in [-0.2, 0) is 4.79 Å². The van der Waals surface area contributed by atoms with E-state index in [9.17, 15) is 4.79 Å². The van der Waals surface area contributed by atoms with Crippen molar-refractivity contribution >= 4 is 24.4 Å². The van der Waals surface area contributed by atoms with E-state index in [1.165, 1.54) is 6.92 Å². The summed E-state index contributed by atoms with van der Waals surface area (Å²) in [5.74, 6) is 0.000308. The number of nitrogens with one attached hydrogen (secondary N) is 2. The van der Waals surface area contributed by atoms with Gasteiger partial charge in [-0.1, -0.05) is 37.1 Å². The van der Waals surface area contributed by atoms with Gasteiger partial charge in [0.15, 0.2) is 5.78 Å². The Labute approximate surface area is 93.9 Å². The van der Waals surface area contributed by atoms with Crippen molar-refractivity contribution in [3.63, 3.8) is 0 Å². The number of rotatable bonds is 4. The monoisotopic (exact) mass is 223 g/mol. The molecule has 0 aliphatic carbocycles. The highest BCUT2D eigenvalue weighted by atomic mass is 32.1. The predicted molar refractivity (Wildman–Crippen MR) is 63.0 cm³/mol. The van der Waals surface area contributed by atoms with Gasteiger partial charge in [-0.25, -0.2) is 0 Å². The van der Waals surface area contributed by atoms with Crippen molar-refractivity contribution in [1.82, 2.24) is 4.72 Å². The second-order valence-corrected chi connectivity index (χ2v) is 3.47. The van der Waals surface area contributed by atoms with Crippen molar-refractivity contribution in [3.05, 3.63) is 35.4 Å². The molecule has 0 fully saturated rings. The van der Waals surface area contributed by atoms with Crippen LogP contribution in [0.5, 0.6) is 0 Å². The number of benzene rings is 1. The van der Waals surface area contributed by atoms with Crippen molar-refractivity contribution in [1.29, 1.82) is 5.41 Å². The molecule has 1 unspecified atom stereocenters. The van der Waals surface area contributed by atoms with Crippen molar-refractivity contribution in [2.24, 2.45) is 5.73 Å². The second kappa shape index (κ2) is 4.95. The van der Waals surface area contributed by atoms with Crippen molar-refractivity contribution in [3.8, 4) is 0 Å². The van der Waals surface area contributed by atoms with E-state index in [0.717, 1.165) is 5.56 Å². The first-order valence-corrected chi connectivity index (χ1v) is 4.85. The molecule has 0 saturated carbocycles. The zero-order valence-electron chi connectivity index (χ0n) is 8.32. The van der Waals surface area contributed by atoms with Crippen LogP contribution in [0.15, 0.2) is 24.3 Å². The Morgan fingerprint density at radius 3 is 2.33 bits per heavy atom. The Morgan fingerprint density at radius 1 is 1.47 bits per heavy atom. The van der Waals surface area contributed by atoms with Gasteiger partial charge in [-0.05, 0) is 12.5 Å². The number of carbonyl (C=O) groups is 1. The summed E-state index contributed by atoms with van der Waals surface area (Å²) in [5, 5.41) is 7.22. The number of hydrogen-bond donors (Lipinski definition) is 4. The molecule has 0 spiro atoms. The lowest BCUT2D eigenvalue weighted by Gasteiger charge is -2.12. The molecule has 0 saturated heterocycles. The lowest BCUT2D eigenvalue weighted by atomic mass is 10.0. The van der Waals surface area contributed by atoms with Crippen LogP contribution in [0.1, 0.15) is 24.1 Å². The topological polar surface area (TPSA) is 79.0 Å². The summed E-state index contributed by atoms with van der Waals surface area (Å²) in [4.78, 5) is 11.2. The average molecular weight is 223 g/mol. The van der Waals surface area contributed by atoms with Gasteiger partial charge in [-0.2, -0.15) is 0 Å². The molecule has 1 rings (SSSR count). The van der Waals surface area contributed by atoms with E-state index >= 15 is 0 Å². The van der Waals surface area contributed by atoms with Crippen LogP contribution < -0.4 is 10.5 Å². The van der Waals surface area contributed by atoms with Crippen molar-refractivity contribution in [2.45, 2.75) is 13.0 Å². The Morgan fingerprint density at radius 2 is 2.00 bits per heavy atom. The lowest BCUT2D eigenvalue weighted by molar-refractivity contribution is -0.118. The number of ketones is 1. The summed E-state index contributed by atoms with van der Waals surface area (Å²) in [6.07, 6.45) is 0. The van der Waals surface area contributed by atoms with Crippen molar-refractivity contribution < 1.29 is 4.79 Å². The molecule has 4 N–H and O–H groups in total. The zero-order valence-corrected chi connectivity index (χ0v) is 9.21. The van der Waals surface area contributed by atoms with E-state index < -0.39 is 6.04 Å². The number of thiol groups is 1. The Balaban J connectivity index is 2.97. The molecule has 4 nitrogen and oxygen atoms in total. The van der Waals surface area contributed by atoms with Gasteiger partial charge in [-0.3, -0.25) is 14.9 Å². The summed E-state index contributed by atoms with van der Waals surface area (Å²) >= 11 is 3.90. The molecular formula is C10H13N3OS. The Hall–Kier alpha value is -1.33. The molecule has 1 atom stereocenters. The minimum absolute atomic E-state index is 0.0134. The smallest absolute Gasteiger partial charge is 0.152 e. The lowest BCUT2D eigenvalue weighted by Crippen LogP contribution is -2.19. The summed E-state index contributed by atoms with van der Waals surface area (Å²) in [6, 6.07) is 6.50.